The van der Waals surface area contributed by atoms with Crippen molar-refractivity contribution in [2.75, 3.05) is 0 Å². The molecule has 2 rings (SSSR count). The number of hydrogen-bond donors (Lipinski definition) is 1. The molecule has 0 aliphatic heterocycles. The molecule has 0 aromatic heterocycles. The predicted molar refractivity (Wildman–Crippen MR) is 94.1 cm³/mol. The van der Waals surface area contributed by atoms with Gasteiger partial charge in [-0.1, -0.05) is 41.1 Å². The first-order chi connectivity index (χ1) is 10.7. The minimum atomic E-state index is -3.73. The lowest BCUT2D eigenvalue weighted by Gasteiger charge is -2.08. The van der Waals surface area contributed by atoms with Gasteiger partial charge in [0.1, 0.15) is 0 Å². The number of aryl methyl sites for hydroxylation is 2. The van der Waals surface area contributed by atoms with E-state index in [2.05, 4.69) is 15.9 Å². The zero-order valence-corrected chi connectivity index (χ0v) is 15.4. The van der Waals surface area contributed by atoms with Crippen molar-refractivity contribution < 1.29 is 13.2 Å². The number of carbonyl (C=O) groups is 1. The number of carbonyl (C=O) groups excluding carboxylic acids is 1. The van der Waals surface area contributed by atoms with E-state index in [4.69, 9.17) is 5.14 Å². The molecule has 2 aromatic rings. The number of benzene rings is 2. The molecule has 0 spiro atoms. The van der Waals surface area contributed by atoms with Crippen LogP contribution in [-0.4, -0.2) is 14.2 Å². The maximum atomic E-state index is 12.4. The summed E-state index contributed by atoms with van der Waals surface area (Å²) in [4.78, 5) is 12.5. The highest BCUT2D eigenvalue weighted by Gasteiger charge is 2.14. The van der Waals surface area contributed by atoms with Crippen LogP contribution in [0.25, 0.3) is 0 Å². The van der Waals surface area contributed by atoms with Crippen molar-refractivity contribution in [2.24, 2.45) is 5.14 Å². The molecule has 0 fully saturated rings. The molecule has 2 aromatic carbocycles. The summed E-state index contributed by atoms with van der Waals surface area (Å²) in [6.45, 7) is 3.70. The molecule has 23 heavy (non-hydrogen) atoms. The van der Waals surface area contributed by atoms with Crippen LogP contribution in [0.3, 0.4) is 0 Å². The molecule has 0 saturated carbocycles. The minimum absolute atomic E-state index is 0.00467. The summed E-state index contributed by atoms with van der Waals surface area (Å²) in [7, 11) is -3.73. The molecular formula is C17H18BrNO3S. The number of sulfonamides is 1. The summed E-state index contributed by atoms with van der Waals surface area (Å²) in [5, 5.41) is 5.15. The first kappa shape index (κ1) is 17.8. The minimum Gasteiger partial charge on any atom is -0.294 e. The quantitative estimate of drug-likeness (QED) is 0.787. The maximum Gasteiger partial charge on any atom is 0.238 e. The highest BCUT2D eigenvalue weighted by atomic mass is 79.9. The van der Waals surface area contributed by atoms with Gasteiger partial charge >= 0.3 is 0 Å². The third-order valence-electron chi connectivity index (χ3n) is 3.66. The van der Waals surface area contributed by atoms with Gasteiger partial charge < -0.3 is 0 Å². The second kappa shape index (κ2) is 6.95. The smallest absolute Gasteiger partial charge is 0.238 e. The third kappa shape index (κ3) is 4.28. The van der Waals surface area contributed by atoms with Gasteiger partial charge in [-0.3, -0.25) is 4.79 Å². The Labute approximate surface area is 144 Å². The zero-order chi connectivity index (χ0) is 17.2. The van der Waals surface area contributed by atoms with Crippen molar-refractivity contribution in [3.05, 3.63) is 63.1 Å². The number of hydrogen-bond acceptors (Lipinski definition) is 3. The van der Waals surface area contributed by atoms with Crippen LogP contribution in [0.4, 0.5) is 0 Å². The highest BCUT2D eigenvalue weighted by Crippen LogP contribution is 2.21. The lowest BCUT2D eigenvalue weighted by molar-refractivity contribution is 0.0993. The maximum absolute atomic E-state index is 12.4. The summed E-state index contributed by atoms with van der Waals surface area (Å²) in [6.07, 6.45) is 1.06. The largest absolute Gasteiger partial charge is 0.294 e. The summed E-state index contributed by atoms with van der Waals surface area (Å²) in [6, 6.07) is 10.3. The molecule has 0 bridgehead atoms. The molecule has 0 aliphatic rings. The Morgan fingerprint density at radius 3 is 2.43 bits per heavy atom. The van der Waals surface area contributed by atoms with E-state index < -0.39 is 10.0 Å². The molecule has 0 unspecified atom stereocenters. The lowest BCUT2D eigenvalue weighted by atomic mass is 9.99. The van der Waals surface area contributed by atoms with E-state index in [0.29, 0.717) is 11.1 Å². The molecule has 0 amide bonds. The predicted octanol–water partition coefficient (Wildman–Crippen LogP) is 3.39. The van der Waals surface area contributed by atoms with Crippen LogP contribution in [-0.2, 0) is 22.9 Å². The fourth-order valence-electron chi connectivity index (χ4n) is 2.45. The van der Waals surface area contributed by atoms with Gasteiger partial charge in [-0.25, -0.2) is 13.6 Å². The van der Waals surface area contributed by atoms with Gasteiger partial charge in [0, 0.05) is 16.5 Å². The Morgan fingerprint density at radius 2 is 1.87 bits per heavy atom. The molecule has 6 heteroatoms. The van der Waals surface area contributed by atoms with Crippen molar-refractivity contribution >= 4 is 31.7 Å². The summed E-state index contributed by atoms with van der Waals surface area (Å²) in [5.74, 6) is -0.00467. The lowest BCUT2D eigenvalue weighted by Crippen LogP contribution is -2.14. The van der Waals surface area contributed by atoms with E-state index >= 15 is 0 Å². The van der Waals surface area contributed by atoms with Crippen molar-refractivity contribution in [2.45, 2.75) is 31.6 Å². The molecule has 0 heterocycles. The Bertz CT molecular complexity index is 860. The number of halogens is 1. The fraction of sp³-hybridized carbons (Fsp3) is 0.235. The SMILES string of the molecule is CCc1cc(C(=O)Cc2ccc(S(N)(=O)=O)c(C)c2)ccc1Br. The topological polar surface area (TPSA) is 77.2 Å². The van der Waals surface area contributed by atoms with Crippen LogP contribution in [0.15, 0.2) is 45.8 Å². The van der Waals surface area contributed by atoms with E-state index in [0.717, 1.165) is 22.0 Å². The van der Waals surface area contributed by atoms with Gasteiger partial charge in [0.15, 0.2) is 5.78 Å². The number of ketones is 1. The Kier molecular flexibility index (Phi) is 5.39. The molecule has 2 N–H and O–H groups in total. The number of primary sulfonamides is 1. The Morgan fingerprint density at radius 1 is 1.17 bits per heavy atom. The van der Waals surface area contributed by atoms with Crippen LogP contribution in [0.2, 0.25) is 0 Å². The van der Waals surface area contributed by atoms with Crippen molar-refractivity contribution in [1.82, 2.24) is 0 Å². The number of Topliss-reactive ketones (excluding diaryl/α,β-unsaturated/α-hetero) is 1. The first-order valence-electron chi connectivity index (χ1n) is 7.16. The zero-order valence-electron chi connectivity index (χ0n) is 13.0. The third-order valence-corrected chi connectivity index (χ3v) is 5.50. The molecular weight excluding hydrogens is 378 g/mol. The van der Waals surface area contributed by atoms with E-state index in [-0.39, 0.29) is 17.1 Å². The van der Waals surface area contributed by atoms with E-state index in [1.807, 2.05) is 19.1 Å². The van der Waals surface area contributed by atoms with Gasteiger partial charge in [-0.05, 0) is 48.2 Å². The molecule has 0 atom stereocenters. The van der Waals surface area contributed by atoms with Crippen LogP contribution < -0.4 is 5.14 Å². The fourth-order valence-corrected chi connectivity index (χ4v) is 3.74. The van der Waals surface area contributed by atoms with Gasteiger partial charge in [-0.15, -0.1) is 0 Å². The molecule has 122 valence electrons. The monoisotopic (exact) mass is 395 g/mol. The summed E-state index contributed by atoms with van der Waals surface area (Å²) < 4.78 is 23.8. The average molecular weight is 396 g/mol. The van der Waals surface area contributed by atoms with Gasteiger partial charge in [0.25, 0.3) is 0 Å². The van der Waals surface area contributed by atoms with Crippen molar-refractivity contribution in [3.8, 4) is 0 Å². The summed E-state index contributed by atoms with van der Waals surface area (Å²) >= 11 is 3.46. The molecule has 0 aliphatic carbocycles. The average Bonchev–Trinajstić information content (AvgIpc) is 2.46. The summed E-state index contributed by atoms with van der Waals surface area (Å²) in [5.41, 5.74) is 3.04. The molecule has 4 nitrogen and oxygen atoms in total. The second-order valence-corrected chi connectivity index (χ2v) is 7.79. The van der Waals surface area contributed by atoms with Crippen LogP contribution in [0, 0.1) is 6.92 Å². The van der Waals surface area contributed by atoms with Crippen LogP contribution in [0.1, 0.15) is 34.0 Å². The van der Waals surface area contributed by atoms with Gasteiger partial charge in [0.05, 0.1) is 4.90 Å². The van der Waals surface area contributed by atoms with Gasteiger partial charge in [0.2, 0.25) is 10.0 Å². The number of nitrogens with two attached hydrogens (primary N) is 1. The Balaban J connectivity index is 2.26. The number of rotatable bonds is 5. The van der Waals surface area contributed by atoms with E-state index in [1.165, 1.54) is 6.07 Å². The normalized spacial score (nSPS) is 11.5. The molecule has 0 saturated heterocycles. The first-order valence-corrected chi connectivity index (χ1v) is 9.50. The van der Waals surface area contributed by atoms with Crippen molar-refractivity contribution in [3.63, 3.8) is 0 Å². The van der Waals surface area contributed by atoms with E-state index in [1.54, 1.807) is 25.1 Å². The Hall–Kier alpha value is -1.50. The van der Waals surface area contributed by atoms with E-state index in [9.17, 15) is 13.2 Å². The van der Waals surface area contributed by atoms with Crippen molar-refractivity contribution in [1.29, 1.82) is 0 Å². The van der Waals surface area contributed by atoms with Gasteiger partial charge in [-0.2, -0.15) is 0 Å². The second-order valence-electron chi connectivity index (χ2n) is 5.40. The highest BCUT2D eigenvalue weighted by molar-refractivity contribution is 9.10. The standard InChI is InChI=1S/C17H18BrNO3S/c1-3-13-10-14(5-6-15(13)18)16(20)9-12-4-7-17(11(2)8-12)23(19,21)22/h4-8,10H,3,9H2,1-2H3,(H2,19,21,22). The van der Waals surface area contributed by atoms with Crippen LogP contribution in [0.5, 0.6) is 0 Å². The van der Waals surface area contributed by atoms with Crippen LogP contribution >= 0.6 is 15.9 Å². The molecule has 0 radical (unpaired) electrons.